The van der Waals surface area contributed by atoms with Gasteiger partial charge in [-0.05, 0) is 41.6 Å². The van der Waals surface area contributed by atoms with Crippen LogP contribution in [0.4, 0.5) is 11.5 Å². The van der Waals surface area contributed by atoms with Crippen LogP contribution in [0.15, 0.2) is 36.4 Å². The molecule has 124 valence electrons. The number of tetrazole rings is 1. The molecule has 1 aliphatic heterocycles. The highest BCUT2D eigenvalue weighted by molar-refractivity contribution is 5.60. The molecular formula is C16H19N7O. The van der Waals surface area contributed by atoms with Gasteiger partial charge in [0.2, 0.25) is 0 Å². The molecule has 1 aliphatic rings. The molecule has 0 saturated heterocycles. The third-order valence-electron chi connectivity index (χ3n) is 4.23. The highest BCUT2D eigenvalue weighted by atomic mass is 16.5. The summed E-state index contributed by atoms with van der Waals surface area (Å²) < 4.78 is 7.60. The Morgan fingerprint density at radius 2 is 2.12 bits per heavy atom. The Balaban J connectivity index is 1.52. The first-order valence-corrected chi connectivity index (χ1v) is 8.02. The first-order valence-electron chi connectivity index (χ1n) is 8.02. The van der Waals surface area contributed by atoms with Gasteiger partial charge in [0.05, 0.1) is 18.8 Å². The van der Waals surface area contributed by atoms with Crippen LogP contribution >= 0.6 is 0 Å². The Morgan fingerprint density at radius 1 is 1.25 bits per heavy atom. The number of fused-ring (bicyclic) bond motifs is 2. The number of likely N-dealkylation sites (N-methyl/N-ethyl adjacent to an activating group) is 2. The van der Waals surface area contributed by atoms with Gasteiger partial charge in [-0.15, -0.1) is 14.8 Å². The Bertz CT molecular complexity index is 849. The van der Waals surface area contributed by atoms with Crippen molar-refractivity contribution in [2.45, 2.75) is 13.0 Å². The third-order valence-corrected chi connectivity index (χ3v) is 4.23. The Labute approximate surface area is 139 Å². The lowest BCUT2D eigenvalue weighted by atomic mass is 10.2. The highest BCUT2D eigenvalue weighted by Crippen LogP contribution is 2.33. The number of benzene rings is 1. The van der Waals surface area contributed by atoms with E-state index in [4.69, 9.17) is 4.74 Å². The van der Waals surface area contributed by atoms with Gasteiger partial charge in [0.1, 0.15) is 11.9 Å². The van der Waals surface area contributed by atoms with Gasteiger partial charge in [-0.3, -0.25) is 0 Å². The van der Waals surface area contributed by atoms with Crippen molar-refractivity contribution in [1.29, 1.82) is 0 Å². The van der Waals surface area contributed by atoms with E-state index in [-0.39, 0.29) is 6.10 Å². The van der Waals surface area contributed by atoms with Crippen LogP contribution in [0, 0.1) is 0 Å². The molecule has 0 N–H and O–H groups in total. The summed E-state index contributed by atoms with van der Waals surface area (Å²) in [5, 5.41) is 15.7. The summed E-state index contributed by atoms with van der Waals surface area (Å²) in [5.41, 5.74) is 1.79. The fraction of sp³-hybridized carbons (Fsp3) is 0.375. The fourth-order valence-electron chi connectivity index (χ4n) is 3.02. The standard InChI is InChI=1S/C16H19N7O/c1-3-22-11-12(24-14-7-5-4-6-13(14)22)10-21(2)16-9-8-15-17-19-20-23(15)18-16/h4-9,12H,3,10-11H2,1-2H3/t12-/m1/s1. The predicted molar refractivity (Wildman–Crippen MR) is 90.6 cm³/mol. The molecule has 24 heavy (non-hydrogen) atoms. The number of anilines is 2. The van der Waals surface area contributed by atoms with Gasteiger partial charge in [0.15, 0.2) is 11.5 Å². The SMILES string of the molecule is CCN1C[C@@H](CN(C)c2ccc3nnnn3n2)Oc2ccccc21. The second kappa shape index (κ2) is 5.95. The maximum Gasteiger partial charge on any atom is 0.200 e. The third kappa shape index (κ3) is 2.60. The van der Waals surface area contributed by atoms with Crippen LogP contribution in [-0.4, -0.2) is 58.0 Å². The van der Waals surface area contributed by atoms with E-state index in [2.05, 4.69) is 43.4 Å². The van der Waals surface area contributed by atoms with Crippen LogP contribution in [0.1, 0.15) is 6.92 Å². The first kappa shape index (κ1) is 14.7. The molecule has 8 heteroatoms. The lowest BCUT2D eigenvalue weighted by Gasteiger charge is -2.37. The van der Waals surface area contributed by atoms with Gasteiger partial charge in [-0.25, -0.2) is 0 Å². The minimum atomic E-state index is 0.0659. The molecule has 2 aromatic heterocycles. The van der Waals surface area contributed by atoms with Crippen molar-refractivity contribution in [2.75, 3.05) is 36.5 Å². The van der Waals surface area contributed by atoms with E-state index in [9.17, 15) is 0 Å². The zero-order valence-corrected chi connectivity index (χ0v) is 13.7. The monoisotopic (exact) mass is 325 g/mol. The number of ether oxygens (including phenoxy) is 1. The van der Waals surface area contributed by atoms with Crippen LogP contribution in [0.5, 0.6) is 5.75 Å². The molecule has 0 aliphatic carbocycles. The summed E-state index contributed by atoms with van der Waals surface area (Å²) in [7, 11) is 2.00. The topological polar surface area (TPSA) is 71.7 Å². The molecule has 0 saturated carbocycles. The molecule has 0 spiro atoms. The molecule has 1 aromatic carbocycles. The van der Waals surface area contributed by atoms with Crippen molar-refractivity contribution in [3.63, 3.8) is 0 Å². The summed E-state index contributed by atoms with van der Waals surface area (Å²) in [4.78, 5) is 4.41. The molecule has 3 heterocycles. The summed E-state index contributed by atoms with van der Waals surface area (Å²) in [6, 6.07) is 11.9. The zero-order chi connectivity index (χ0) is 16.5. The summed E-state index contributed by atoms with van der Waals surface area (Å²) in [6.07, 6.45) is 0.0659. The lowest BCUT2D eigenvalue weighted by Crippen LogP contribution is -2.45. The minimum Gasteiger partial charge on any atom is -0.485 e. The molecule has 4 rings (SSSR count). The molecule has 8 nitrogen and oxygen atoms in total. The van der Waals surface area contributed by atoms with Gasteiger partial charge in [-0.1, -0.05) is 12.1 Å². The van der Waals surface area contributed by atoms with Crippen molar-refractivity contribution in [3.8, 4) is 5.75 Å². The predicted octanol–water partition coefficient (Wildman–Crippen LogP) is 1.24. The maximum absolute atomic E-state index is 6.17. The molecule has 0 amide bonds. The lowest BCUT2D eigenvalue weighted by molar-refractivity contribution is 0.200. The van der Waals surface area contributed by atoms with Gasteiger partial charge in [0, 0.05) is 13.6 Å². The highest BCUT2D eigenvalue weighted by Gasteiger charge is 2.25. The first-order chi connectivity index (χ1) is 11.7. The van der Waals surface area contributed by atoms with E-state index in [0.29, 0.717) is 5.65 Å². The largest absolute Gasteiger partial charge is 0.485 e. The maximum atomic E-state index is 6.17. The van der Waals surface area contributed by atoms with Crippen molar-refractivity contribution in [2.24, 2.45) is 0 Å². The summed E-state index contributed by atoms with van der Waals surface area (Å²) in [6.45, 7) is 4.70. The van der Waals surface area contributed by atoms with Crippen molar-refractivity contribution < 1.29 is 4.74 Å². The Kier molecular flexibility index (Phi) is 3.64. The second-order valence-corrected chi connectivity index (χ2v) is 5.84. The molecule has 0 bridgehead atoms. The van der Waals surface area contributed by atoms with Crippen molar-refractivity contribution in [1.82, 2.24) is 25.3 Å². The van der Waals surface area contributed by atoms with Gasteiger partial charge in [0.25, 0.3) is 0 Å². The Hall–Kier alpha value is -2.90. The van der Waals surface area contributed by atoms with Crippen LogP contribution in [0.2, 0.25) is 0 Å². The van der Waals surface area contributed by atoms with Gasteiger partial charge in [-0.2, -0.15) is 0 Å². The zero-order valence-electron chi connectivity index (χ0n) is 13.7. The van der Waals surface area contributed by atoms with Crippen LogP contribution in [-0.2, 0) is 0 Å². The van der Waals surface area contributed by atoms with Crippen LogP contribution in [0.25, 0.3) is 5.65 Å². The van der Waals surface area contributed by atoms with Crippen molar-refractivity contribution >= 4 is 17.2 Å². The number of aromatic nitrogens is 5. The smallest absolute Gasteiger partial charge is 0.200 e. The number of para-hydroxylation sites is 2. The van der Waals surface area contributed by atoms with E-state index >= 15 is 0 Å². The second-order valence-electron chi connectivity index (χ2n) is 5.84. The summed E-state index contributed by atoms with van der Waals surface area (Å²) >= 11 is 0. The van der Waals surface area contributed by atoms with E-state index < -0.39 is 0 Å². The number of hydrogen-bond acceptors (Lipinski definition) is 7. The van der Waals surface area contributed by atoms with E-state index in [1.54, 1.807) is 0 Å². The average Bonchev–Trinajstić information content (AvgIpc) is 3.08. The molecule has 0 unspecified atom stereocenters. The normalized spacial score (nSPS) is 16.8. The Morgan fingerprint density at radius 3 is 3.00 bits per heavy atom. The van der Waals surface area contributed by atoms with E-state index in [1.165, 1.54) is 4.63 Å². The number of hydrogen-bond donors (Lipinski definition) is 0. The molecule has 0 fully saturated rings. The van der Waals surface area contributed by atoms with Crippen molar-refractivity contribution in [3.05, 3.63) is 36.4 Å². The van der Waals surface area contributed by atoms with E-state index in [0.717, 1.165) is 36.9 Å². The molecule has 0 radical (unpaired) electrons. The average molecular weight is 325 g/mol. The van der Waals surface area contributed by atoms with Gasteiger partial charge >= 0.3 is 0 Å². The minimum absolute atomic E-state index is 0.0659. The van der Waals surface area contributed by atoms with Crippen LogP contribution in [0.3, 0.4) is 0 Å². The van der Waals surface area contributed by atoms with Gasteiger partial charge < -0.3 is 14.5 Å². The number of nitrogens with zero attached hydrogens (tertiary/aromatic N) is 7. The molecule has 1 atom stereocenters. The number of rotatable bonds is 4. The summed E-state index contributed by atoms with van der Waals surface area (Å²) in [5.74, 6) is 1.74. The fourth-order valence-corrected chi connectivity index (χ4v) is 3.02. The molecule has 3 aromatic rings. The van der Waals surface area contributed by atoms with Crippen LogP contribution < -0.4 is 14.5 Å². The van der Waals surface area contributed by atoms with E-state index in [1.807, 2.05) is 37.4 Å². The quantitative estimate of drug-likeness (QED) is 0.714. The molecular weight excluding hydrogens is 306 g/mol.